The Bertz CT molecular complexity index is 584. The van der Waals surface area contributed by atoms with Gasteiger partial charge in [0.1, 0.15) is 0 Å². The first-order chi connectivity index (χ1) is 8.66. The highest BCUT2D eigenvalue weighted by Crippen LogP contribution is 2.27. The number of benzene rings is 1. The second-order valence-corrected chi connectivity index (χ2v) is 7.80. The molecule has 0 spiro atoms. The first-order valence-corrected chi connectivity index (χ1v) is 9.04. The minimum atomic E-state index is -3.63. The van der Waals surface area contributed by atoms with Crippen molar-refractivity contribution in [3.8, 4) is 0 Å². The van der Waals surface area contributed by atoms with Crippen LogP contribution in [0.2, 0.25) is 0 Å². The predicted molar refractivity (Wildman–Crippen MR) is 79.2 cm³/mol. The third-order valence-corrected chi connectivity index (χ3v) is 5.54. The Morgan fingerprint density at radius 1 is 1.26 bits per heavy atom. The molecule has 7 heteroatoms. The van der Waals surface area contributed by atoms with E-state index in [0.29, 0.717) is 22.6 Å². The second-order valence-electron chi connectivity index (χ2n) is 4.54. The quantitative estimate of drug-likeness (QED) is 0.789. The summed E-state index contributed by atoms with van der Waals surface area (Å²) in [4.78, 5) is 0.229. The summed E-state index contributed by atoms with van der Waals surface area (Å²) in [6, 6.07) is 1.77. The molecule has 0 aliphatic carbocycles. The Balaban J connectivity index is 3.18. The van der Waals surface area contributed by atoms with Crippen molar-refractivity contribution < 1.29 is 12.6 Å². The standard InChI is InChI=1S/C12H20N2O3S2/c1-8-7-11(13)10(3)12(9(8)2)19(16,17)14-5-6-18(4)15/h7,14H,5-6,13H2,1-4H3. The lowest BCUT2D eigenvalue weighted by molar-refractivity contribution is 0.582. The fourth-order valence-corrected chi connectivity index (χ4v) is 3.96. The number of rotatable bonds is 5. The highest BCUT2D eigenvalue weighted by atomic mass is 32.2. The van der Waals surface area contributed by atoms with Crippen molar-refractivity contribution >= 4 is 26.5 Å². The van der Waals surface area contributed by atoms with Crippen LogP contribution in [-0.2, 0) is 20.8 Å². The Morgan fingerprint density at radius 2 is 1.84 bits per heavy atom. The molecule has 0 fully saturated rings. The molecular formula is C12H20N2O3S2. The number of hydrogen-bond acceptors (Lipinski definition) is 4. The Kier molecular flexibility index (Phi) is 5.11. The summed E-state index contributed by atoms with van der Waals surface area (Å²) in [5, 5.41) is 0. The lowest BCUT2D eigenvalue weighted by Crippen LogP contribution is -2.29. The Morgan fingerprint density at radius 3 is 2.37 bits per heavy atom. The third kappa shape index (κ3) is 3.77. The van der Waals surface area contributed by atoms with Gasteiger partial charge in [-0.15, -0.1) is 0 Å². The van der Waals surface area contributed by atoms with Gasteiger partial charge >= 0.3 is 0 Å². The van der Waals surface area contributed by atoms with E-state index in [1.807, 2.05) is 6.92 Å². The summed E-state index contributed by atoms with van der Waals surface area (Å²) in [6.45, 7) is 5.42. The maximum absolute atomic E-state index is 12.3. The van der Waals surface area contributed by atoms with Gasteiger partial charge < -0.3 is 5.73 Å². The highest BCUT2D eigenvalue weighted by Gasteiger charge is 2.21. The number of nitrogen functional groups attached to an aromatic ring is 1. The summed E-state index contributed by atoms with van der Waals surface area (Å²) >= 11 is 0. The molecule has 0 radical (unpaired) electrons. The van der Waals surface area contributed by atoms with Crippen molar-refractivity contribution in [3.63, 3.8) is 0 Å². The van der Waals surface area contributed by atoms with Crippen molar-refractivity contribution in [1.29, 1.82) is 0 Å². The molecule has 0 bridgehead atoms. The van der Waals surface area contributed by atoms with Gasteiger partial charge in [0.2, 0.25) is 10.0 Å². The fraction of sp³-hybridized carbons (Fsp3) is 0.500. The van der Waals surface area contributed by atoms with Gasteiger partial charge in [-0.1, -0.05) is 0 Å². The van der Waals surface area contributed by atoms with Crippen molar-refractivity contribution in [2.24, 2.45) is 0 Å². The molecule has 108 valence electrons. The van der Waals surface area contributed by atoms with Gasteiger partial charge in [-0.05, 0) is 43.5 Å². The topological polar surface area (TPSA) is 89.3 Å². The van der Waals surface area contributed by atoms with Gasteiger partial charge in [0, 0.05) is 35.0 Å². The van der Waals surface area contributed by atoms with Crippen LogP contribution in [0.1, 0.15) is 16.7 Å². The predicted octanol–water partition coefficient (Wildman–Crippen LogP) is 0.851. The highest BCUT2D eigenvalue weighted by molar-refractivity contribution is 7.89. The van der Waals surface area contributed by atoms with Gasteiger partial charge in [-0.2, -0.15) is 0 Å². The SMILES string of the molecule is Cc1cc(N)c(C)c(S(=O)(=O)NCCS(C)=O)c1C. The molecule has 0 heterocycles. The van der Waals surface area contributed by atoms with Crippen LogP contribution in [0.25, 0.3) is 0 Å². The number of hydrogen-bond donors (Lipinski definition) is 2. The summed E-state index contributed by atoms with van der Waals surface area (Å²) in [7, 11) is -4.65. The monoisotopic (exact) mass is 304 g/mol. The van der Waals surface area contributed by atoms with Gasteiger partial charge in [-0.25, -0.2) is 13.1 Å². The molecule has 1 unspecified atom stereocenters. The van der Waals surface area contributed by atoms with Crippen LogP contribution in [0.3, 0.4) is 0 Å². The largest absolute Gasteiger partial charge is 0.398 e. The van der Waals surface area contributed by atoms with Crippen LogP contribution in [0.4, 0.5) is 5.69 Å². The van der Waals surface area contributed by atoms with Gasteiger partial charge in [0.05, 0.1) is 4.90 Å². The summed E-state index contributed by atoms with van der Waals surface area (Å²) in [6.07, 6.45) is 1.54. The van der Waals surface area contributed by atoms with Crippen molar-refractivity contribution in [2.75, 3.05) is 24.3 Å². The molecule has 1 atom stereocenters. The van der Waals surface area contributed by atoms with E-state index in [-0.39, 0.29) is 11.4 Å². The van der Waals surface area contributed by atoms with Crippen LogP contribution < -0.4 is 10.5 Å². The van der Waals surface area contributed by atoms with E-state index < -0.39 is 20.8 Å². The Labute approximate surface area is 117 Å². The molecule has 1 aromatic rings. The first kappa shape index (κ1) is 16.1. The number of nitrogens with one attached hydrogen (secondary N) is 1. The van der Waals surface area contributed by atoms with E-state index in [1.165, 1.54) is 6.26 Å². The van der Waals surface area contributed by atoms with Crippen LogP contribution in [0.15, 0.2) is 11.0 Å². The van der Waals surface area contributed by atoms with Crippen LogP contribution in [-0.4, -0.2) is 31.2 Å². The molecule has 0 saturated carbocycles. The van der Waals surface area contributed by atoms with Crippen LogP contribution in [0, 0.1) is 20.8 Å². The third-order valence-electron chi connectivity index (χ3n) is 3.03. The van der Waals surface area contributed by atoms with Gasteiger partial charge in [0.25, 0.3) is 0 Å². The van der Waals surface area contributed by atoms with E-state index in [0.717, 1.165) is 5.56 Å². The summed E-state index contributed by atoms with van der Waals surface area (Å²) in [5.74, 6) is 0.290. The molecule has 3 N–H and O–H groups in total. The zero-order chi connectivity index (χ0) is 14.8. The summed E-state index contributed by atoms with van der Waals surface area (Å²) in [5.41, 5.74) is 8.36. The molecule has 0 aromatic heterocycles. The minimum Gasteiger partial charge on any atom is -0.398 e. The van der Waals surface area contributed by atoms with Crippen molar-refractivity contribution in [3.05, 3.63) is 22.8 Å². The number of sulfonamides is 1. The fourth-order valence-electron chi connectivity index (χ4n) is 1.84. The minimum absolute atomic E-state index is 0.151. The normalized spacial score (nSPS) is 13.5. The molecular weight excluding hydrogens is 284 g/mol. The number of anilines is 1. The van der Waals surface area contributed by atoms with Crippen molar-refractivity contribution in [1.82, 2.24) is 4.72 Å². The van der Waals surface area contributed by atoms with E-state index in [1.54, 1.807) is 19.9 Å². The average molecular weight is 304 g/mol. The van der Waals surface area contributed by atoms with E-state index in [9.17, 15) is 12.6 Å². The van der Waals surface area contributed by atoms with E-state index >= 15 is 0 Å². The van der Waals surface area contributed by atoms with Gasteiger partial charge in [-0.3, -0.25) is 4.21 Å². The molecule has 0 saturated heterocycles. The Hall–Kier alpha value is -0.920. The van der Waals surface area contributed by atoms with Crippen molar-refractivity contribution in [2.45, 2.75) is 25.7 Å². The zero-order valence-corrected chi connectivity index (χ0v) is 13.2. The molecule has 1 rings (SSSR count). The second kappa shape index (κ2) is 6.02. The lowest BCUT2D eigenvalue weighted by atomic mass is 10.1. The molecule has 0 aliphatic heterocycles. The maximum atomic E-state index is 12.3. The zero-order valence-electron chi connectivity index (χ0n) is 11.6. The molecule has 0 aliphatic rings. The number of aryl methyl sites for hydroxylation is 1. The molecule has 0 amide bonds. The summed E-state index contributed by atoms with van der Waals surface area (Å²) < 4.78 is 38.0. The van der Waals surface area contributed by atoms with Gasteiger partial charge in [0.15, 0.2) is 0 Å². The first-order valence-electron chi connectivity index (χ1n) is 5.82. The van der Waals surface area contributed by atoms with Crippen LogP contribution in [0.5, 0.6) is 0 Å². The molecule has 1 aromatic carbocycles. The van der Waals surface area contributed by atoms with Crippen LogP contribution >= 0.6 is 0 Å². The number of nitrogens with two attached hydrogens (primary N) is 1. The maximum Gasteiger partial charge on any atom is 0.241 e. The molecule has 19 heavy (non-hydrogen) atoms. The lowest BCUT2D eigenvalue weighted by Gasteiger charge is -2.15. The average Bonchev–Trinajstić information content (AvgIpc) is 2.25. The van der Waals surface area contributed by atoms with E-state index in [4.69, 9.17) is 5.73 Å². The van der Waals surface area contributed by atoms with E-state index in [2.05, 4.69) is 4.72 Å². The smallest absolute Gasteiger partial charge is 0.241 e. The molecule has 5 nitrogen and oxygen atoms in total.